The van der Waals surface area contributed by atoms with Gasteiger partial charge >= 0.3 is 0 Å². The zero-order chi connectivity index (χ0) is 18.4. The highest BCUT2D eigenvalue weighted by Gasteiger charge is 2.09. The second kappa shape index (κ2) is 8.38. The number of amides is 1. The lowest BCUT2D eigenvalue weighted by atomic mass is 10.1. The average Bonchev–Trinajstić information content (AvgIpc) is 3.08. The Morgan fingerprint density at radius 1 is 1.12 bits per heavy atom. The summed E-state index contributed by atoms with van der Waals surface area (Å²) in [6.07, 6.45) is 1.66. The molecule has 0 aliphatic heterocycles. The Labute approximate surface area is 152 Å². The maximum atomic E-state index is 12.1. The summed E-state index contributed by atoms with van der Waals surface area (Å²) < 4.78 is 10.6. The molecule has 0 aliphatic carbocycles. The third-order valence-corrected chi connectivity index (χ3v) is 4.23. The monoisotopic (exact) mass is 353 g/mol. The zero-order valence-electron chi connectivity index (χ0n) is 15.0. The minimum Gasteiger partial charge on any atom is -0.497 e. The Hall–Kier alpha value is -3.02. The first-order valence-electron chi connectivity index (χ1n) is 8.61. The third kappa shape index (κ3) is 4.33. The van der Waals surface area contributed by atoms with E-state index in [0.29, 0.717) is 25.8 Å². The number of fused-ring (bicyclic) bond motifs is 1. The standard InChI is InChI=1S/C20H23N3O3/c1-25-15-8-9-18(26-2)14(13-15)7-10-20(24)21-12-11-19-22-16-5-3-4-6-17(16)23-19/h3-6,8-9,13H,7,10-12H2,1-2H3,(H,21,24)(H,22,23). The molecule has 6 heteroatoms. The maximum Gasteiger partial charge on any atom is 0.220 e. The van der Waals surface area contributed by atoms with Crippen molar-refractivity contribution in [2.45, 2.75) is 19.3 Å². The molecule has 2 N–H and O–H groups in total. The molecule has 0 aliphatic rings. The van der Waals surface area contributed by atoms with Gasteiger partial charge in [0.25, 0.3) is 0 Å². The average molecular weight is 353 g/mol. The molecule has 1 aromatic heterocycles. The number of imidazole rings is 1. The van der Waals surface area contributed by atoms with Crippen LogP contribution >= 0.6 is 0 Å². The largest absolute Gasteiger partial charge is 0.497 e. The number of carbonyl (C=O) groups excluding carboxylic acids is 1. The molecule has 0 unspecified atom stereocenters. The maximum absolute atomic E-state index is 12.1. The second-order valence-electron chi connectivity index (χ2n) is 5.98. The van der Waals surface area contributed by atoms with E-state index in [0.717, 1.165) is 33.9 Å². The van der Waals surface area contributed by atoms with Crippen LogP contribution in [-0.2, 0) is 17.6 Å². The summed E-state index contributed by atoms with van der Waals surface area (Å²) >= 11 is 0. The van der Waals surface area contributed by atoms with Crippen molar-refractivity contribution < 1.29 is 14.3 Å². The van der Waals surface area contributed by atoms with Crippen LogP contribution in [0.4, 0.5) is 0 Å². The van der Waals surface area contributed by atoms with Crippen molar-refractivity contribution in [3.63, 3.8) is 0 Å². The fourth-order valence-corrected chi connectivity index (χ4v) is 2.86. The number of hydrogen-bond acceptors (Lipinski definition) is 4. The number of rotatable bonds is 8. The normalized spacial score (nSPS) is 10.7. The first-order valence-corrected chi connectivity index (χ1v) is 8.61. The molecule has 0 saturated carbocycles. The van der Waals surface area contributed by atoms with Gasteiger partial charge in [-0.05, 0) is 42.3 Å². The molecule has 6 nitrogen and oxygen atoms in total. The zero-order valence-corrected chi connectivity index (χ0v) is 15.0. The van der Waals surface area contributed by atoms with Gasteiger partial charge in [0.2, 0.25) is 5.91 Å². The number of para-hydroxylation sites is 2. The summed E-state index contributed by atoms with van der Waals surface area (Å²) in [5.41, 5.74) is 2.91. The van der Waals surface area contributed by atoms with E-state index in [2.05, 4.69) is 15.3 Å². The van der Waals surface area contributed by atoms with Crippen molar-refractivity contribution in [3.8, 4) is 11.5 Å². The van der Waals surface area contributed by atoms with Gasteiger partial charge in [0.05, 0.1) is 25.3 Å². The minimum atomic E-state index is 0.00554. The van der Waals surface area contributed by atoms with Crippen LogP contribution in [0.2, 0.25) is 0 Å². The first kappa shape index (κ1) is 17.8. The van der Waals surface area contributed by atoms with Crippen molar-refractivity contribution in [3.05, 3.63) is 53.9 Å². The van der Waals surface area contributed by atoms with Gasteiger partial charge in [-0.15, -0.1) is 0 Å². The highest BCUT2D eigenvalue weighted by Crippen LogP contribution is 2.25. The van der Waals surface area contributed by atoms with Crippen molar-refractivity contribution >= 4 is 16.9 Å². The van der Waals surface area contributed by atoms with Gasteiger partial charge in [-0.25, -0.2) is 4.98 Å². The smallest absolute Gasteiger partial charge is 0.220 e. The van der Waals surface area contributed by atoms with Gasteiger partial charge in [-0.3, -0.25) is 4.79 Å². The summed E-state index contributed by atoms with van der Waals surface area (Å²) in [5, 5.41) is 2.94. The Kier molecular flexibility index (Phi) is 5.73. The highest BCUT2D eigenvalue weighted by atomic mass is 16.5. The molecule has 1 heterocycles. The van der Waals surface area contributed by atoms with Crippen LogP contribution in [-0.4, -0.2) is 36.6 Å². The predicted molar refractivity (Wildman–Crippen MR) is 101 cm³/mol. The van der Waals surface area contributed by atoms with Crippen LogP contribution in [0.25, 0.3) is 11.0 Å². The molecule has 0 spiro atoms. The summed E-state index contributed by atoms with van der Waals surface area (Å²) in [5.74, 6) is 2.40. The fourth-order valence-electron chi connectivity index (χ4n) is 2.86. The number of nitrogens with zero attached hydrogens (tertiary/aromatic N) is 1. The molecule has 3 aromatic rings. The SMILES string of the molecule is COc1ccc(OC)c(CCC(=O)NCCc2nc3ccccc3[nH]2)c1. The molecular weight excluding hydrogens is 330 g/mol. The van der Waals surface area contributed by atoms with Crippen molar-refractivity contribution in [1.82, 2.24) is 15.3 Å². The van der Waals surface area contributed by atoms with E-state index >= 15 is 0 Å². The molecule has 0 radical (unpaired) electrons. The molecule has 2 aromatic carbocycles. The number of nitrogens with one attached hydrogen (secondary N) is 2. The van der Waals surface area contributed by atoms with Gasteiger partial charge < -0.3 is 19.8 Å². The van der Waals surface area contributed by atoms with E-state index in [1.54, 1.807) is 14.2 Å². The van der Waals surface area contributed by atoms with Crippen LogP contribution in [0, 0.1) is 0 Å². The summed E-state index contributed by atoms with van der Waals surface area (Å²) in [4.78, 5) is 19.9. The van der Waals surface area contributed by atoms with E-state index in [4.69, 9.17) is 9.47 Å². The molecule has 1 amide bonds. The lowest BCUT2D eigenvalue weighted by Gasteiger charge is -2.10. The Balaban J connectivity index is 1.48. The third-order valence-electron chi connectivity index (χ3n) is 4.23. The molecular formula is C20H23N3O3. The van der Waals surface area contributed by atoms with Crippen LogP contribution in [0.5, 0.6) is 11.5 Å². The first-order chi connectivity index (χ1) is 12.7. The number of methoxy groups -OCH3 is 2. The topological polar surface area (TPSA) is 76.2 Å². The molecule has 0 bridgehead atoms. The quantitative estimate of drug-likeness (QED) is 0.653. The molecule has 136 valence electrons. The van der Waals surface area contributed by atoms with Gasteiger partial charge in [-0.1, -0.05) is 12.1 Å². The summed E-state index contributed by atoms with van der Waals surface area (Å²) in [6.45, 7) is 0.550. The van der Waals surface area contributed by atoms with E-state index < -0.39 is 0 Å². The van der Waals surface area contributed by atoms with Crippen LogP contribution < -0.4 is 14.8 Å². The Morgan fingerprint density at radius 2 is 1.96 bits per heavy atom. The van der Waals surface area contributed by atoms with Crippen molar-refractivity contribution in [2.75, 3.05) is 20.8 Å². The molecule has 26 heavy (non-hydrogen) atoms. The second-order valence-corrected chi connectivity index (χ2v) is 5.98. The van der Waals surface area contributed by atoms with Gasteiger partial charge in [0.1, 0.15) is 17.3 Å². The van der Waals surface area contributed by atoms with Gasteiger partial charge in [-0.2, -0.15) is 0 Å². The van der Waals surface area contributed by atoms with Crippen molar-refractivity contribution in [2.24, 2.45) is 0 Å². The van der Waals surface area contributed by atoms with Gasteiger partial charge in [0.15, 0.2) is 0 Å². The van der Waals surface area contributed by atoms with E-state index in [9.17, 15) is 4.79 Å². The van der Waals surface area contributed by atoms with Crippen LogP contribution in [0.15, 0.2) is 42.5 Å². The molecule has 0 fully saturated rings. The number of benzene rings is 2. The molecule has 3 rings (SSSR count). The lowest BCUT2D eigenvalue weighted by molar-refractivity contribution is -0.121. The number of aryl methyl sites for hydroxylation is 1. The highest BCUT2D eigenvalue weighted by molar-refractivity contribution is 5.76. The minimum absolute atomic E-state index is 0.00554. The summed E-state index contributed by atoms with van der Waals surface area (Å²) in [6, 6.07) is 13.5. The van der Waals surface area contributed by atoms with E-state index in [-0.39, 0.29) is 5.91 Å². The van der Waals surface area contributed by atoms with Gasteiger partial charge in [0, 0.05) is 19.4 Å². The fraction of sp³-hybridized carbons (Fsp3) is 0.300. The van der Waals surface area contributed by atoms with Crippen LogP contribution in [0.1, 0.15) is 17.8 Å². The number of hydrogen-bond donors (Lipinski definition) is 2. The van der Waals surface area contributed by atoms with Crippen LogP contribution in [0.3, 0.4) is 0 Å². The Bertz CT molecular complexity index is 856. The number of aromatic nitrogens is 2. The lowest BCUT2D eigenvalue weighted by Crippen LogP contribution is -2.26. The van der Waals surface area contributed by atoms with Crippen molar-refractivity contribution in [1.29, 1.82) is 0 Å². The molecule has 0 atom stereocenters. The van der Waals surface area contributed by atoms with E-state index in [1.807, 2.05) is 42.5 Å². The number of ether oxygens (including phenoxy) is 2. The predicted octanol–water partition coefficient (Wildman–Crippen LogP) is 2.87. The number of H-pyrrole nitrogens is 1. The van der Waals surface area contributed by atoms with E-state index in [1.165, 1.54) is 0 Å². The molecule has 0 saturated heterocycles. The Morgan fingerprint density at radius 3 is 2.73 bits per heavy atom. The number of aromatic amines is 1. The number of carbonyl (C=O) groups is 1. The summed E-state index contributed by atoms with van der Waals surface area (Å²) in [7, 11) is 3.25.